The molecule has 0 saturated heterocycles. The van der Waals surface area contributed by atoms with Crippen LogP contribution in [0.1, 0.15) is 12.5 Å². The van der Waals surface area contributed by atoms with Gasteiger partial charge in [0.1, 0.15) is 6.04 Å². The fourth-order valence-electron chi connectivity index (χ4n) is 1.87. The number of nitrogens with two attached hydrogens (primary N) is 2. The Balaban J connectivity index is 2.88. The van der Waals surface area contributed by atoms with Crippen LogP contribution in [0.25, 0.3) is 0 Å². The fraction of sp³-hybridized carbons (Fsp3) is 0.286. The lowest BCUT2D eigenvalue weighted by atomic mass is 10.1. The molecular formula is C14H18N4O5. The topological polar surface area (TPSA) is 156 Å². The van der Waals surface area contributed by atoms with E-state index < -0.39 is 36.4 Å². The maximum absolute atomic E-state index is 12.0. The molecule has 0 aliphatic carbocycles. The molecular weight excluding hydrogens is 304 g/mol. The number of anilines is 1. The number of nitrogens with one attached hydrogen (secondary N) is 1. The van der Waals surface area contributed by atoms with Gasteiger partial charge in [0, 0.05) is 6.92 Å². The molecule has 0 heterocycles. The van der Waals surface area contributed by atoms with E-state index in [1.807, 2.05) is 0 Å². The summed E-state index contributed by atoms with van der Waals surface area (Å²) in [5, 5.41) is 10.9. The lowest BCUT2D eigenvalue weighted by Crippen LogP contribution is -2.44. The maximum Gasteiger partial charge on any atom is 0.320 e. The summed E-state index contributed by atoms with van der Waals surface area (Å²) < 4.78 is 0. The van der Waals surface area contributed by atoms with Crippen molar-refractivity contribution in [3.05, 3.63) is 29.8 Å². The van der Waals surface area contributed by atoms with Gasteiger partial charge in [0.05, 0.1) is 12.2 Å². The number of carbonyl (C=O) groups excluding carboxylic acids is 3. The molecule has 0 aliphatic heterocycles. The number of carboxylic acid groups (broad SMARTS) is 1. The molecule has 0 fully saturated rings. The molecule has 6 N–H and O–H groups in total. The van der Waals surface area contributed by atoms with Crippen molar-refractivity contribution >= 4 is 29.5 Å². The zero-order valence-corrected chi connectivity index (χ0v) is 12.5. The molecule has 0 bridgehead atoms. The van der Waals surface area contributed by atoms with Gasteiger partial charge in [0.15, 0.2) is 0 Å². The van der Waals surface area contributed by atoms with E-state index in [0.29, 0.717) is 11.3 Å². The van der Waals surface area contributed by atoms with Crippen molar-refractivity contribution in [1.29, 1.82) is 0 Å². The number of hydrogen-bond donors (Lipinski definition) is 4. The van der Waals surface area contributed by atoms with E-state index >= 15 is 0 Å². The Hall–Kier alpha value is -2.94. The first-order valence-corrected chi connectivity index (χ1v) is 6.66. The first-order valence-electron chi connectivity index (χ1n) is 6.66. The summed E-state index contributed by atoms with van der Waals surface area (Å²) in [6.07, 6.45) is 0.118. The van der Waals surface area contributed by atoms with Gasteiger partial charge in [-0.1, -0.05) is 12.1 Å². The van der Waals surface area contributed by atoms with Crippen molar-refractivity contribution in [3.8, 4) is 0 Å². The number of imide groups is 1. The van der Waals surface area contributed by atoms with Crippen LogP contribution in [0.4, 0.5) is 10.5 Å². The van der Waals surface area contributed by atoms with E-state index in [1.54, 1.807) is 12.1 Å². The van der Waals surface area contributed by atoms with Crippen LogP contribution in [-0.2, 0) is 20.8 Å². The van der Waals surface area contributed by atoms with Gasteiger partial charge in [-0.25, -0.2) is 9.69 Å². The predicted molar refractivity (Wildman–Crippen MR) is 81.5 cm³/mol. The number of nitrogens with zero attached hydrogens (tertiary/aromatic N) is 1. The van der Waals surface area contributed by atoms with Crippen LogP contribution < -0.4 is 21.7 Å². The van der Waals surface area contributed by atoms with Crippen molar-refractivity contribution in [2.45, 2.75) is 19.4 Å². The van der Waals surface area contributed by atoms with E-state index in [1.165, 1.54) is 19.1 Å². The number of hydrogen-bond acceptors (Lipinski definition) is 5. The fourth-order valence-corrected chi connectivity index (χ4v) is 1.87. The third-order valence-corrected chi connectivity index (χ3v) is 2.95. The molecule has 9 nitrogen and oxygen atoms in total. The number of urea groups is 1. The van der Waals surface area contributed by atoms with Gasteiger partial charge in [-0.15, -0.1) is 0 Å². The van der Waals surface area contributed by atoms with Crippen molar-refractivity contribution in [2.24, 2.45) is 11.5 Å². The summed E-state index contributed by atoms with van der Waals surface area (Å²) in [5.41, 5.74) is 11.3. The third-order valence-electron chi connectivity index (χ3n) is 2.95. The number of carbonyl (C=O) groups is 4. The Labute approximate surface area is 132 Å². The van der Waals surface area contributed by atoms with Crippen molar-refractivity contribution in [2.75, 3.05) is 11.4 Å². The molecule has 0 spiro atoms. The normalized spacial score (nSPS) is 11.4. The molecule has 4 amide bonds. The standard InChI is InChI=1S/C14H18N4O5/c1-8(19)18(12(20)7-17-14(16)23)10-4-2-9(3-5-10)6-11(15)13(21)22/h2-5,11H,6-7,15H2,1H3,(H,21,22)(H3,16,17,23). The molecule has 0 radical (unpaired) electrons. The lowest BCUT2D eigenvalue weighted by molar-refractivity contribution is -0.138. The predicted octanol–water partition coefficient (Wildman–Crippen LogP) is -0.811. The first-order chi connectivity index (χ1) is 10.7. The van der Waals surface area contributed by atoms with Crippen LogP contribution in [-0.4, -0.2) is 41.5 Å². The molecule has 0 aromatic heterocycles. The third kappa shape index (κ3) is 5.40. The smallest absolute Gasteiger partial charge is 0.320 e. The van der Waals surface area contributed by atoms with E-state index in [0.717, 1.165) is 4.90 Å². The van der Waals surface area contributed by atoms with Gasteiger partial charge in [0.2, 0.25) is 5.91 Å². The number of carboxylic acids is 1. The first kappa shape index (κ1) is 18.1. The van der Waals surface area contributed by atoms with Crippen LogP contribution in [0.2, 0.25) is 0 Å². The van der Waals surface area contributed by atoms with Crippen molar-refractivity contribution < 1.29 is 24.3 Å². The van der Waals surface area contributed by atoms with Crippen LogP contribution >= 0.6 is 0 Å². The van der Waals surface area contributed by atoms with Gasteiger partial charge in [0.25, 0.3) is 5.91 Å². The Morgan fingerprint density at radius 2 is 1.78 bits per heavy atom. The molecule has 1 atom stereocenters. The molecule has 1 rings (SSSR count). The van der Waals surface area contributed by atoms with E-state index in [-0.39, 0.29) is 6.42 Å². The monoisotopic (exact) mass is 322 g/mol. The minimum atomic E-state index is -1.12. The summed E-state index contributed by atoms with van der Waals surface area (Å²) in [6, 6.07) is 4.22. The van der Waals surface area contributed by atoms with Gasteiger partial charge < -0.3 is 21.9 Å². The average Bonchev–Trinajstić information content (AvgIpc) is 2.46. The SMILES string of the molecule is CC(=O)N(C(=O)CNC(N)=O)c1ccc(CC(N)C(=O)O)cc1. The highest BCUT2D eigenvalue weighted by atomic mass is 16.4. The molecule has 1 aromatic carbocycles. The van der Waals surface area contributed by atoms with Gasteiger partial charge in [-0.2, -0.15) is 0 Å². The second-order valence-corrected chi connectivity index (χ2v) is 4.78. The Morgan fingerprint density at radius 3 is 2.22 bits per heavy atom. The summed E-state index contributed by atoms with van der Waals surface area (Å²) in [6.45, 7) is 0.789. The van der Waals surface area contributed by atoms with Gasteiger partial charge in [-0.3, -0.25) is 14.4 Å². The largest absolute Gasteiger partial charge is 0.480 e. The minimum absolute atomic E-state index is 0.118. The lowest BCUT2D eigenvalue weighted by Gasteiger charge is -2.19. The Bertz CT molecular complexity index is 614. The average molecular weight is 322 g/mol. The van der Waals surface area contributed by atoms with Gasteiger partial charge >= 0.3 is 12.0 Å². The second kappa shape index (κ2) is 7.90. The minimum Gasteiger partial charge on any atom is -0.480 e. The van der Waals surface area contributed by atoms with Gasteiger partial charge in [-0.05, 0) is 24.1 Å². The number of rotatable bonds is 6. The van der Waals surface area contributed by atoms with Crippen LogP contribution in [0.15, 0.2) is 24.3 Å². The second-order valence-electron chi connectivity index (χ2n) is 4.78. The van der Waals surface area contributed by atoms with Crippen LogP contribution in [0, 0.1) is 0 Å². The Kier molecular flexibility index (Phi) is 6.22. The summed E-state index contributed by atoms with van der Waals surface area (Å²) in [4.78, 5) is 45.9. The number of amides is 4. The molecule has 0 saturated carbocycles. The van der Waals surface area contributed by atoms with Crippen molar-refractivity contribution in [3.63, 3.8) is 0 Å². The summed E-state index contributed by atoms with van der Waals surface area (Å²) in [5.74, 6) is -2.30. The zero-order chi connectivity index (χ0) is 17.6. The van der Waals surface area contributed by atoms with E-state index in [4.69, 9.17) is 16.6 Å². The van der Waals surface area contributed by atoms with Crippen molar-refractivity contribution in [1.82, 2.24) is 5.32 Å². The summed E-state index contributed by atoms with van der Waals surface area (Å²) >= 11 is 0. The van der Waals surface area contributed by atoms with Crippen LogP contribution in [0.5, 0.6) is 0 Å². The summed E-state index contributed by atoms with van der Waals surface area (Å²) in [7, 11) is 0. The molecule has 1 aromatic rings. The highest BCUT2D eigenvalue weighted by molar-refractivity contribution is 6.15. The molecule has 0 aliphatic rings. The molecule has 1 unspecified atom stereocenters. The molecule has 124 valence electrons. The molecule has 9 heteroatoms. The highest BCUT2D eigenvalue weighted by Crippen LogP contribution is 2.16. The van der Waals surface area contributed by atoms with Crippen LogP contribution in [0.3, 0.4) is 0 Å². The highest BCUT2D eigenvalue weighted by Gasteiger charge is 2.20. The Morgan fingerprint density at radius 1 is 1.22 bits per heavy atom. The quantitative estimate of drug-likeness (QED) is 0.536. The van der Waals surface area contributed by atoms with E-state index in [2.05, 4.69) is 5.32 Å². The molecule has 23 heavy (non-hydrogen) atoms. The maximum atomic E-state index is 12.0. The number of aliphatic carboxylic acids is 1. The zero-order valence-electron chi connectivity index (χ0n) is 12.5. The number of primary amides is 1. The van der Waals surface area contributed by atoms with E-state index in [9.17, 15) is 19.2 Å². The number of benzene rings is 1.